The molecule has 0 fully saturated rings. The van der Waals surface area contributed by atoms with Gasteiger partial charge < -0.3 is 15.5 Å². The number of hydrogen-bond donors (Lipinski definition) is 2. The van der Waals surface area contributed by atoms with E-state index in [9.17, 15) is 9.59 Å². The van der Waals surface area contributed by atoms with Gasteiger partial charge in [0.05, 0.1) is 11.3 Å². The SMILES string of the molecule is CN(C)C(=O)c1ccc2c(c1)C(=C(Nc1ccc(Cl)cc1)c1ccccc1)C(=O)N2. The molecule has 3 aromatic rings. The van der Waals surface area contributed by atoms with Crippen molar-refractivity contribution in [2.24, 2.45) is 0 Å². The van der Waals surface area contributed by atoms with Crippen molar-refractivity contribution in [2.75, 3.05) is 24.7 Å². The molecule has 0 saturated heterocycles. The number of benzene rings is 3. The van der Waals surface area contributed by atoms with Crippen LogP contribution >= 0.6 is 11.6 Å². The predicted molar refractivity (Wildman–Crippen MR) is 121 cm³/mol. The first-order chi connectivity index (χ1) is 14.4. The average Bonchev–Trinajstić information content (AvgIpc) is 3.08. The van der Waals surface area contributed by atoms with E-state index in [4.69, 9.17) is 11.6 Å². The molecule has 4 rings (SSSR count). The van der Waals surface area contributed by atoms with Crippen LogP contribution in [0.4, 0.5) is 11.4 Å². The number of nitrogens with zero attached hydrogens (tertiary/aromatic N) is 1. The van der Waals surface area contributed by atoms with E-state index in [1.54, 1.807) is 44.4 Å². The van der Waals surface area contributed by atoms with E-state index >= 15 is 0 Å². The van der Waals surface area contributed by atoms with E-state index in [-0.39, 0.29) is 11.8 Å². The molecule has 0 unspecified atom stereocenters. The van der Waals surface area contributed by atoms with E-state index in [2.05, 4.69) is 10.6 Å². The molecule has 0 atom stereocenters. The maximum absolute atomic E-state index is 13.0. The summed E-state index contributed by atoms with van der Waals surface area (Å²) in [5, 5.41) is 6.91. The molecule has 5 nitrogen and oxygen atoms in total. The number of carbonyl (C=O) groups is 2. The Labute approximate surface area is 180 Å². The number of anilines is 2. The molecular formula is C24H20ClN3O2. The Hall–Kier alpha value is -3.57. The summed E-state index contributed by atoms with van der Waals surface area (Å²) in [6.07, 6.45) is 0. The summed E-state index contributed by atoms with van der Waals surface area (Å²) in [7, 11) is 3.40. The van der Waals surface area contributed by atoms with Crippen molar-refractivity contribution in [3.63, 3.8) is 0 Å². The lowest BCUT2D eigenvalue weighted by Crippen LogP contribution is -2.21. The fourth-order valence-electron chi connectivity index (χ4n) is 3.37. The number of carbonyl (C=O) groups excluding carboxylic acids is 2. The van der Waals surface area contributed by atoms with Crippen LogP contribution in [-0.2, 0) is 4.79 Å². The monoisotopic (exact) mass is 417 g/mol. The van der Waals surface area contributed by atoms with Crippen molar-refractivity contribution >= 4 is 46.1 Å². The van der Waals surface area contributed by atoms with Gasteiger partial charge in [-0.1, -0.05) is 41.9 Å². The molecule has 0 radical (unpaired) electrons. The van der Waals surface area contributed by atoms with Gasteiger partial charge in [-0.25, -0.2) is 0 Å². The van der Waals surface area contributed by atoms with Crippen LogP contribution in [0, 0.1) is 0 Å². The Kier molecular flexibility index (Phi) is 5.29. The van der Waals surface area contributed by atoms with Gasteiger partial charge in [0.1, 0.15) is 0 Å². The Morgan fingerprint density at radius 3 is 2.30 bits per heavy atom. The van der Waals surface area contributed by atoms with Crippen molar-refractivity contribution in [2.45, 2.75) is 0 Å². The summed E-state index contributed by atoms with van der Waals surface area (Å²) in [5.74, 6) is -0.344. The normalized spacial score (nSPS) is 14.0. The van der Waals surface area contributed by atoms with E-state index in [1.807, 2.05) is 42.5 Å². The molecule has 6 heteroatoms. The summed E-state index contributed by atoms with van der Waals surface area (Å²) in [6.45, 7) is 0. The van der Waals surface area contributed by atoms with Crippen LogP contribution in [0.5, 0.6) is 0 Å². The molecule has 0 aliphatic carbocycles. The highest BCUT2D eigenvalue weighted by molar-refractivity contribution is 6.37. The highest BCUT2D eigenvalue weighted by Gasteiger charge is 2.29. The zero-order valence-corrected chi connectivity index (χ0v) is 17.3. The number of amides is 2. The topological polar surface area (TPSA) is 61.4 Å². The summed E-state index contributed by atoms with van der Waals surface area (Å²) < 4.78 is 0. The highest BCUT2D eigenvalue weighted by atomic mass is 35.5. The van der Waals surface area contributed by atoms with Gasteiger partial charge in [-0.05, 0) is 48.0 Å². The number of nitrogens with one attached hydrogen (secondary N) is 2. The van der Waals surface area contributed by atoms with Crippen molar-refractivity contribution in [3.05, 3.63) is 94.5 Å². The molecule has 0 aromatic heterocycles. The first kappa shape index (κ1) is 19.7. The molecule has 3 aromatic carbocycles. The van der Waals surface area contributed by atoms with Gasteiger partial charge in [0.2, 0.25) is 0 Å². The molecule has 0 spiro atoms. The molecule has 2 amide bonds. The van der Waals surface area contributed by atoms with Crippen molar-refractivity contribution in [1.29, 1.82) is 0 Å². The minimum atomic E-state index is -0.222. The van der Waals surface area contributed by atoms with Crippen LogP contribution in [0.3, 0.4) is 0 Å². The Balaban J connectivity index is 1.89. The third kappa shape index (κ3) is 3.80. The molecular weight excluding hydrogens is 398 g/mol. The van der Waals surface area contributed by atoms with Crippen molar-refractivity contribution in [3.8, 4) is 0 Å². The lowest BCUT2D eigenvalue weighted by Gasteiger charge is -2.15. The molecule has 0 saturated carbocycles. The second kappa shape index (κ2) is 8.05. The van der Waals surface area contributed by atoms with Gasteiger partial charge in [0.15, 0.2) is 0 Å². The average molecular weight is 418 g/mol. The van der Waals surface area contributed by atoms with E-state index in [0.717, 1.165) is 11.3 Å². The first-order valence-corrected chi connectivity index (χ1v) is 9.81. The Morgan fingerprint density at radius 2 is 1.63 bits per heavy atom. The lowest BCUT2D eigenvalue weighted by atomic mass is 9.98. The third-order valence-electron chi connectivity index (χ3n) is 4.84. The van der Waals surface area contributed by atoms with E-state index in [1.165, 1.54) is 4.90 Å². The van der Waals surface area contributed by atoms with Gasteiger partial charge in [0.25, 0.3) is 11.8 Å². The second-order valence-corrected chi connectivity index (χ2v) is 7.60. The molecule has 2 N–H and O–H groups in total. The second-order valence-electron chi connectivity index (χ2n) is 7.16. The van der Waals surface area contributed by atoms with Gasteiger partial charge >= 0.3 is 0 Å². The molecule has 0 bridgehead atoms. The van der Waals surface area contributed by atoms with Crippen LogP contribution in [0.2, 0.25) is 5.02 Å². The molecule has 30 heavy (non-hydrogen) atoms. The quantitative estimate of drug-likeness (QED) is 0.589. The largest absolute Gasteiger partial charge is 0.354 e. The van der Waals surface area contributed by atoms with E-state index in [0.29, 0.717) is 33.1 Å². The molecule has 1 aliphatic heterocycles. The number of rotatable bonds is 4. The fraction of sp³-hybridized carbons (Fsp3) is 0.0833. The predicted octanol–water partition coefficient (Wildman–Crippen LogP) is 4.97. The molecule has 150 valence electrons. The highest BCUT2D eigenvalue weighted by Crippen LogP contribution is 2.38. The van der Waals surface area contributed by atoms with Crippen LogP contribution in [0.25, 0.3) is 11.3 Å². The first-order valence-electron chi connectivity index (χ1n) is 9.44. The lowest BCUT2D eigenvalue weighted by molar-refractivity contribution is -0.110. The summed E-state index contributed by atoms with van der Waals surface area (Å²) in [6, 6.07) is 22.1. The summed E-state index contributed by atoms with van der Waals surface area (Å²) >= 11 is 6.02. The summed E-state index contributed by atoms with van der Waals surface area (Å²) in [5.41, 5.74) is 4.68. The van der Waals surface area contributed by atoms with Crippen molar-refractivity contribution < 1.29 is 9.59 Å². The zero-order chi connectivity index (χ0) is 21.3. The minimum absolute atomic E-state index is 0.122. The van der Waals surface area contributed by atoms with Gasteiger partial charge in [0, 0.05) is 41.6 Å². The van der Waals surface area contributed by atoms with Gasteiger partial charge in [-0.3, -0.25) is 9.59 Å². The van der Waals surface area contributed by atoms with Gasteiger partial charge in [-0.2, -0.15) is 0 Å². The number of halogens is 1. The molecule has 1 aliphatic rings. The summed E-state index contributed by atoms with van der Waals surface area (Å²) in [4.78, 5) is 27.0. The van der Waals surface area contributed by atoms with Crippen LogP contribution in [0.1, 0.15) is 21.5 Å². The minimum Gasteiger partial charge on any atom is -0.354 e. The Morgan fingerprint density at radius 1 is 0.933 bits per heavy atom. The Bertz CT molecular complexity index is 1150. The maximum atomic E-state index is 13.0. The number of fused-ring (bicyclic) bond motifs is 1. The van der Waals surface area contributed by atoms with Crippen molar-refractivity contribution in [1.82, 2.24) is 4.90 Å². The smallest absolute Gasteiger partial charge is 0.258 e. The third-order valence-corrected chi connectivity index (χ3v) is 5.10. The fourth-order valence-corrected chi connectivity index (χ4v) is 3.49. The number of hydrogen-bond acceptors (Lipinski definition) is 3. The molecule has 1 heterocycles. The standard InChI is InChI=1S/C24H20ClN3O2/c1-28(2)24(30)16-8-13-20-19(14-16)21(23(29)27-20)22(15-6-4-3-5-7-15)26-18-11-9-17(25)10-12-18/h3-14,26H,1-2H3,(H,27,29). The maximum Gasteiger partial charge on any atom is 0.258 e. The van der Waals surface area contributed by atoms with Gasteiger partial charge in [-0.15, -0.1) is 0 Å². The zero-order valence-electron chi connectivity index (χ0n) is 16.6. The van der Waals surface area contributed by atoms with E-state index < -0.39 is 0 Å². The van der Waals surface area contributed by atoms with Crippen LogP contribution in [-0.4, -0.2) is 30.8 Å². The van der Waals surface area contributed by atoms with Crippen LogP contribution < -0.4 is 10.6 Å². The van der Waals surface area contributed by atoms with Crippen LogP contribution in [0.15, 0.2) is 72.8 Å².